The monoisotopic (exact) mass is 1580 g/mol. The predicted octanol–water partition coefficient (Wildman–Crippen LogP) is 3.49. The molecule has 5 aromatic carbocycles. The van der Waals surface area contributed by atoms with Gasteiger partial charge in [-0.2, -0.15) is 0 Å². The Hall–Kier alpha value is -11.7. The average molecular weight is 1580 g/mol. The van der Waals surface area contributed by atoms with Gasteiger partial charge >= 0.3 is 5.97 Å². The Morgan fingerprint density at radius 1 is 0.522 bits per heavy atom. The van der Waals surface area contributed by atoms with Crippen LogP contribution in [0.5, 0.6) is 0 Å². The number of aromatic nitrogens is 1. The molecule has 1 fully saturated rings. The number of likely N-dealkylation sites (tertiary alicyclic amines) is 1. The zero-order valence-corrected chi connectivity index (χ0v) is 65.5. The van der Waals surface area contributed by atoms with Gasteiger partial charge in [-0.05, 0) is 139 Å². The predicted molar refractivity (Wildman–Crippen MR) is 423 cm³/mol. The minimum absolute atomic E-state index is 0.0156. The summed E-state index contributed by atoms with van der Waals surface area (Å²) < 4.78 is 0. The molecule has 32 heteroatoms. The van der Waals surface area contributed by atoms with Crippen LogP contribution in [-0.2, 0) is 88.0 Å². The zero-order valence-electron chi connectivity index (χ0n) is 64.7. The maximum Gasteiger partial charge on any atom is 0.325 e. The molecule has 1 aromatic heterocycles. The number of fused-ring (bicyclic) bond motifs is 1. The quantitative estimate of drug-likeness (QED) is 0.0193. The molecule has 604 valence electrons. The van der Waals surface area contributed by atoms with E-state index < -0.39 is 144 Å². The van der Waals surface area contributed by atoms with Crippen LogP contribution in [0.15, 0.2) is 140 Å². The summed E-state index contributed by atoms with van der Waals surface area (Å²) in [6.07, 6.45) is 1.27. The van der Waals surface area contributed by atoms with E-state index in [9.17, 15) is 58.2 Å². The van der Waals surface area contributed by atoms with Gasteiger partial charge in [0.2, 0.25) is 65.0 Å². The second kappa shape index (κ2) is 43.2. The Labute approximate surface area is 660 Å². The summed E-state index contributed by atoms with van der Waals surface area (Å²) in [5.74, 6) is -12.2. The van der Waals surface area contributed by atoms with E-state index in [-0.39, 0.29) is 74.9 Å². The summed E-state index contributed by atoms with van der Waals surface area (Å²) in [6.45, 7) is 12.2. The van der Waals surface area contributed by atoms with Crippen LogP contribution in [0, 0.1) is 5.92 Å². The number of benzene rings is 5. The van der Waals surface area contributed by atoms with Crippen molar-refractivity contribution in [1.29, 1.82) is 0 Å². The number of aliphatic hydroxyl groups excluding tert-OH is 1. The Balaban J connectivity index is 1.21. The number of pyridine rings is 1. The molecule has 0 radical (unpaired) electrons. The van der Waals surface area contributed by atoms with Crippen molar-refractivity contribution in [3.05, 3.63) is 173 Å². The van der Waals surface area contributed by atoms with Gasteiger partial charge in [-0.1, -0.05) is 118 Å². The molecule has 14 N–H and O–H groups in total. The number of hydrogen-bond acceptors (Lipinski definition) is 17. The average Bonchev–Trinajstić information content (AvgIpc) is 1.71. The van der Waals surface area contributed by atoms with Gasteiger partial charge in [0.15, 0.2) is 6.17 Å². The third kappa shape index (κ3) is 27.9. The molecule has 1 saturated heterocycles. The van der Waals surface area contributed by atoms with Gasteiger partial charge in [0.1, 0.15) is 54.4 Å². The summed E-state index contributed by atoms with van der Waals surface area (Å²) in [7, 11) is 1.16. The van der Waals surface area contributed by atoms with E-state index in [1.54, 1.807) is 68.4 Å². The summed E-state index contributed by atoms with van der Waals surface area (Å²) >= 11 is 6.26. The number of amides is 13. The highest BCUT2D eigenvalue weighted by molar-refractivity contribution is 6.30. The molecule has 113 heavy (non-hydrogen) atoms. The van der Waals surface area contributed by atoms with E-state index >= 15 is 19.2 Å². The smallest absolute Gasteiger partial charge is 0.325 e. The zero-order chi connectivity index (χ0) is 82.6. The van der Waals surface area contributed by atoms with Crippen LogP contribution < -0.4 is 63.8 Å². The first-order valence-electron chi connectivity index (χ1n) is 37.5. The summed E-state index contributed by atoms with van der Waals surface area (Å²) in [6, 6.07) is 21.6. The molecule has 1 aliphatic rings. The first-order valence-corrected chi connectivity index (χ1v) is 37.8. The van der Waals surface area contributed by atoms with Crippen LogP contribution in [0.25, 0.3) is 10.8 Å². The third-order valence-corrected chi connectivity index (χ3v) is 18.8. The van der Waals surface area contributed by atoms with Gasteiger partial charge in [0.25, 0.3) is 11.8 Å². The molecule has 2 heterocycles. The molecule has 10 atom stereocenters. The first kappa shape index (κ1) is 88.5. The van der Waals surface area contributed by atoms with Gasteiger partial charge in [-0.25, -0.2) is 0 Å². The number of aliphatic carboxylic acids is 1. The standard InChI is InChI=1S/C81H102ClN15O16/c1-46(2)38-63(71(102)89-62(19-12-13-36-84-47(3)4)80(111)97-37-15-20-69(97)77(108)85-48(5)81(112)113)90-73(104)65(41-53-24-31-60(32-25-53)86-49(6)99)91-74(105)66(42-54-26-33-61(34-27-54)87-50(7)100)93-76(107)68(45-98)94-78(109)70(96(9)79(110)58-18-14-35-83-44-58)95-75(106)67(40-52-22-29-59(82)30-23-52)92-72(103)64(88-51(8)101)43-55-21-28-56-16-10-11-17-57(56)39-55/h10-11,14,16-18,21-35,39,44,46-48,62-70,84,98H,12-13,15,19-20,36-38,40-43,45H2,1-9H3,(H,85,108)(H,86,99)(H,87,100)(H,88,101)(H,89,102)(H,90,104)(H,91,105)(H,92,103)(H,93,107)(H,94,109)(H,95,106)(H,112,113)/t48-,62+,63+,64-,65-,66+,67-,68+,69+,70-/m1/s1. The van der Waals surface area contributed by atoms with E-state index in [0.717, 1.165) is 22.7 Å². The Morgan fingerprint density at radius 2 is 1.00 bits per heavy atom. The minimum Gasteiger partial charge on any atom is -0.480 e. The molecule has 7 rings (SSSR count). The van der Waals surface area contributed by atoms with Crippen molar-refractivity contribution in [2.24, 2.45) is 5.92 Å². The third-order valence-electron chi connectivity index (χ3n) is 18.6. The summed E-state index contributed by atoms with van der Waals surface area (Å²) in [4.78, 5) is 203. The van der Waals surface area contributed by atoms with Gasteiger partial charge < -0.3 is 83.8 Å². The van der Waals surface area contributed by atoms with Crippen LogP contribution in [0.1, 0.15) is 127 Å². The van der Waals surface area contributed by atoms with Crippen molar-refractivity contribution >= 4 is 117 Å². The highest BCUT2D eigenvalue weighted by atomic mass is 35.5. The number of carbonyl (C=O) groups excluding carboxylic acids is 13. The van der Waals surface area contributed by atoms with Crippen molar-refractivity contribution in [2.75, 3.05) is 37.4 Å². The number of carboxylic acid groups (broad SMARTS) is 1. The molecule has 0 saturated carbocycles. The largest absolute Gasteiger partial charge is 0.480 e. The van der Waals surface area contributed by atoms with Crippen molar-refractivity contribution in [1.82, 2.24) is 68.0 Å². The van der Waals surface area contributed by atoms with Crippen molar-refractivity contribution in [3.8, 4) is 0 Å². The van der Waals surface area contributed by atoms with Gasteiger partial charge in [0.05, 0.1) is 12.2 Å². The number of carbonyl (C=O) groups is 14. The van der Waals surface area contributed by atoms with Crippen LogP contribution >= 0.6 is 11.6 Å². The molecule has 0 spiro atoms. The lowest BCUT2D eigenvalue weighted by atomic mass is 9.99. The van der Waals surface area contributed by atoms with Crippen LogP contribution in [0.4, 0.5) is 11.4 Å². The van der Waals surface area contributed by atoms with Crippen LogP contribution in [0.2, 0.25) is 5.02 Å². The van der Waals surface area contributed by atoms with Crippen molar-refractivity contribution in [3.63, 3.8) is 0 Å². The number of likely N-dealkylation sites (N-methyl/N-ethyl adjacent to an activating group) is 1. The van der Waals surface area contributed by atoms with E-state index in [2.05, 4.69) is 68.8 Å². The number of hydrogen-bond donors (Lipinski definition) is 14. The van der Waals surface area contributed by atoms with E-state index in [4.69, 9.17) is 11.6 Å². The lowest BCUT2D eigenvalue weighted by Crippen LogP contribution is -2.64. The van der Waals surface area contributed by atoms with E-state index in [1.165, 1.54) is 81.4 Å². The van der Waals surface area contributed by atoms with Crippen LogP contribution in [0.3, 0.4) is 0 Å². The molecule has 6 aromatic rings. The lowest BCUT2D eigenvalue weighted by Gasteiger charge is -2.31. The number of rotatable bonds is 40. The second-order valence-electron chi connectivity index (χ2n) is 28.7. The van der Waals surface area contributed by atoms with Crippen molar-refractivity contribution in [2.45, 2.75) is 186 Å². The maximum absolute atomic E-state index is 15.4. The fraction of sp³-hybridized carbons (Fsp3) is 0.420. The highest BCUT2D eigenvalue weighted by Crippen LogP contribution is 2.23. The highest BCUT2D eigenvalue weighted by Gasteiger charge is 2.41. The lowest BCUT2D eigenvalue weighted by molar-refractivity contribution is -0.144. The Bertz CT molecular complexity index is 4340. The molecule has 1 aliphatic heterocycles. The Morgan fingerprint density at radius 3 is 1.50 bits per heavy atom. The molecule has 31 nitrogen and oxygen atoms in total. The second-order valence-corrected chi connectivity index (χ2v) is 29.2. The number of anilines is 2. The van der Waals surface area contributed by atoms with Gasteiger partial charge in [0, 0.05) is 94.9 Å². The topological polar surface area (TPSA) is 443 Å². The molecule has 0 unspecified atom stereocenters. The molecule has 0 aliphatic carbocycles. The number of nitrogens with zero attached hydrogens (tertiary/aromatic N) is 3. The van der Waals surface area contributed by atoms with E-state index in [1.807, 2.05) is 50.2 Å². The normalized spacial score (nSPS) is 14.9. The van der Waals surface area contributed by atoms with Gasteiger partial charge in [-0.3, -0.25) is 72.1 Å². The summed E-state index contributed by atoms with van der Waals surface area (Å²) in [5, 5.41) is 55.2. The Kier molecular flexibility index (Phi) is 33.8. The fourth-order valence-corrected chi connectivity index (χ4v) is 12.9. The number of halogens is 1. The number of carboxylic acids is 1. The fourth-order valence-electron chi connectivity index (χ4n) is 12.8. The summed E-state index contributed by atoms with van der Waals surface area (Å²) in [5.41, 5.74) is 2.59. The SMILES string of the molecule is CC(=O)Nc1ccc(C[C@H](NC(=O)[C@H](CO)NC(=O)[C@H](NC(=O)[C@@H](Cc2ccc(Cl)cc2)NC(=O)[C@@H](Cc2ccc3ccccc3c2)NC(C)=O)N(C)C(=O)c2cccnc2)C(=O)N[C@H](Cc2ccc(NC(C)=O)cc2)C(=O)N[C@@H](CC(C)C)C(=O)N[C@@H](CCCCNC(C)C)C(=O)N2CCC[C@H]2C(=O)N[C@H](C)C(=O)O)cc1. The van der Waals surface area contributed by atoms with Crippen LogP contribution in [-0.4, -0.2) is 201 Å². The minimum atomic E-state index is -2.07. The molecule has 0 bridgehead atoms. The number of unbranched alkanes of at least 4 members (excludes halogenated alkanes) is 1. The molecular weight excluding hydrogens is 1470 g/mol. The molecule has 13 amide bonds. The van der Waals surface area contributed by atoms with E-state index in [0.29, 0.717) is 64.5 Å². The number of nitrogens with one attached hydrogen (secondary N) is 12. The molecular formula is C81H102ClN15O16. The van der Waals surface area contributed by atoms with Gasteiger partial charge in [-0.15, -0.1) is 0 Å². The first-order chi connectivity index (χ1) is 53.7. The maximum atomic E-state index is 15.4. The van der Waals surface area contributed by atoms with Crippen molar-refractivity contribution < 1.29 is 77.3 Å². The number of aliphatic hydroxyl groups is 1.